The Kier molecular flexibility index (Phi) is 2.50. The van der Waals surface area contributed by atoms with Gasteiger partial charge in [-0.3, -0.25) is 0 Å². The molecule has 15 heavy (non-hydrogen) atoms. The van der Waals surface area contributed by atoms with Crippen molar-refractivity contribution in [3.05, 3.63) is 35.9 Å². The van der Waals surface area contributed by atoms with Crippen LogP contribution in [0.2, 0.25) is 0 Å². The Morgan fingerprint density at radius 2 is 2.00 bits per heavy atom. The molecular weight excluding hydrogens is 186 g/mol. The zero-order chi connectivity index (χ0) is 10.9. The second-order valence-corrected chi connectivity index (χ2v) is 4.54. The zero-order valence-electron chi connectivity index (χ0n) is 9.10. The van der Waals surface area contributed by atoms with Crippen molar-refractivity contribution in [2.24, 2.45) is 5.92 Å². The minimum Gasteiger partial charge on any atom is -0.374 e. The van der Waals surface area contributed by atoms with E-state index < -0.39 is 0 Å². The standard InChI is InChI=1S/C13H15NO/c1-13(2)12(8-14)11(9-15-13)10-6-4-3-5-7-10/h3-7,11-12H,9H2,1-2H3. The van der Waals surface area contributed by atoms with Gasteiger partial charge in [-0.25, -0.2) is 0 Å². The highest BCUT2D eigenvalue weighted by atomic mass is 16.5. The molecule has 0 radical (unpaired) electrons. The van der Waals surface area contributed by atoms with E-state index in [9.17, 15) is 5.26 Å². The lowest BCUT2D eigenvalue weighted by Gasteiger charge is -2.22. The van der Waals surface area contributed by atoms with E-state index in [0.717, 1.165) is 0 Å². The van der Waals surface area contributed by atoms with Gasteiger partial charge in [-0.05, 0) is 19.4 Å². The van der Waals surface area contributed by atoms with Gasteiger partial charge in [0.1, 0.15) is 0 Å². The van der Waals surface area contributed by atoms with Crippen LogP contribution in [0.1, 0.15) is 25.3 Å². The molecule has 0 amide bonds. The van der Waals surface area contributed by atoms with Crippen molar-refractivity contribution in [1.29, 1.82) is 5.26 Å². The van der Waals surface area contributed by atoms with Crippen molar-refractivity contribution < 1.29 is 4.74 Å². The molecule has 1 heterocycles. The smallest absolute Gasteiger partial charge is 0.0838 e. The van der Waals surface area contributed by atoms with Crippen LogP contribution in [0.15, 0.2) is 30.3 Å². The highest BCUT2D eigenvalue weighted by Gasteiger charge is 2.44. The van der Waals surface area contributed by atoms with Gasteiger partial charge in [0, 0.05) is 5.92 Å². The van der Waals surface area contributed by atoms with Gasteiger partial charge < -0.3 is 4.74 Å². The number of nitriles is 1. The van der Waals surface area contributed by atoms with E-state index in [1.165, 1.54) is 5.56 Å². The van der Waals surface area contributed by atoms with Crippen molar-refractivity contribution in [3.63, 3.8) is 0 Å². The van der Waals surface area contributed by atoms with Crippen molar-refractivity contribution in [1.82, 2.24) is 0 Å². The average Bonchev–Trinajstić information content (AvgIpc) is 2.54. The Bertz CT molecular complexity index is 377. The zero-order valence-corrected chi connectivity index (χ0v) is 9.10. The first-order valence-corrected chi connectivity index (χ1v) is 5.23. The fraction of sp³-hybridized carbons (Fsp3) is 0.462. The summed E-state index contributed by atoms with van der Waals surface area (Å²) in [6.45, 7) is 4.63. The van der Waals surface area contributed by atoms with Gasteiger partial charge in [-0.15, -0.1) is 0 Å². The molecule has 0 aromatic heterocycles. The minimum atomic E-state index is -0.324. The molecule has 2 rings (SSSR count). The fourth-order valence-electron chi connectivity index (χ4n) is 2.21. The van der Waals surface area contributed by atoms with E-state index in [0.29, 0.717) is 6.61 Å². The van der Waals surface area contributed by atoms with Crippen molar-refractivity contribution in [3.8, 4) is 6.07 Å². The largest absolute Gasteiger partial charge is 0.374 e. The molecule has 0 spiro atoms. The summed E-state index contributed by atoms with van der Waals surface area (Å²) in [6.07, 6.45) is 0. The monoisotopic (exact) mass is 201 g/mol. The summed E-state index contributed by atoms with van der Waals surface area (Å²) < 4.78 is 5.69. The van der Waals surface area contributed by atoms with E-state index >= 15 is 0 Å². The van der Waals surface area contributed by atoms with Gasteiger partial charge in [-0.2, -0.15) is 5.26 Å². The number of nitrogens with zero attached hydrogens (tertiary/aromatic N) is 1. The van der Waals surface area contributed by atoms with Crippen LogP contribution in [0.25, 0.3) is 0 Å². The van der Waals surface area contributed by atoms with Crippen molar-refractivity contribution >= 4 is 0 Å². The fourth-order valence-corrected chi connectivity index (χ4v) is 2.21. The SMILES string of the molecule is CC1(C)OCC(c2ccccc2)C1C#N. The molecule has 1 aromatic rings. The van der Waals surface area contributed by atoms with Gasteiger partial charge >= 0.3 is 0 Å². The minimum absolute atomic E-state index is 0.0556. The average molecular weight is 201 g/mol. The summed E-state index contributed by atoms with van der Waals surface area (Å²) >= 11 is 0. The third kappa shape index (κ3) is 1.75. The number of benzene rings is 1. The molecule has 1 aromatic carbocycles. The maximum atomic E-state index is 9.20. The van der Waals surface area contributed by atoms with Gasteiger partial charge in [0.15, 0.2) is 0 Å². The molecule has 2 nitrogen and oxygen atoms in total. The first-order chi connectivity index (χ1) is 7.15. The maximum Gasteiger partial charge on any atom is 0.0838 e. The maximum absolute atomic E-state index is 9.20. The number of ether oxygens (including phenoxy) is 1. The van der Waals surface area contributed by atoms with Gasteiger partial charge in [0.05, 0.1) is 24.2 Å². The molecule has 2 unspecified atom stereocenters. The van der Waals surface area contributed by atoms with E-state index in [2.05, 4.69) is 18.2 Å². The van der Waals surface area contributed by atoms with E-state index in [4.69, 9.17) is 4.74 Å². The highest BCUT2D eigenvalue weighted by molar-refractivity contribution is 5.25. The quantitative estimate of drug-likeness (QED) is 0.700. The third-order valence-corrected chi connectivity index (χ3v) is 3.15. The van der Waals surface area contributed by atoms with Crippen LogP contribution in [-0.4, -0.2) is 12.2 Å². The summed E-state index contributed by atoms with van der Waals surface area (Å²) in [5.41, 5.74) is 0.879. The van der Waals surface area contributed by atoms with Crippen LogP contribution in [0.5, 0.6) is 0 Å². The van der Waals surface area contributed by atoms with Gasteiger partial charge in [-0.1, -0.05) is 30.3 Å². The lowest BCUT2D eigenvalue weighted by Crippen LogP contribution is -2.28. The second kappa shape index (κ2) is 3.67. The summed E-state index contributed by atoms with van der Waals surface area (Å²) in [6, 6.07) is 12.5. The summed E-state index contributed by atoms with van der Waals surface area (Å²) in [4.78, 5) is 0. The van der Waals surface area contributed by atoms with Gasteiger partial charge in [0.25, 0.3) is 0 Å². The normalized spacial score (nSPS) is 28.6. The summed E-state index contributed by atoms with van der Waals surface area (Å²) in [7, 11) is 0. The molecule has 2 atom stereocenters. The molecule has 1 fully saturated rings. The lowest BCUT2D eigenvalue weighted by atomic mass is 9.81. The third-order valence-electron chi connectivity index (χ3n) is 3.15. The van der Waals surface area contributed by atoms with Crippen LogP contribution in [-0.2, 0) is 4.74 Å². The first-order valence-electron chi connectivity index (χ1n) is 5.23. The Balaban J connectivity index is 2.30. The van der Waals surface area contributed by atoms with E-state index in [-0.39, 0.29) is 17.4 Å². The topological polar surface area (TPSA) is 33.0 Å². The highest BCUT2D eigenvalue weighted by Crippen LogP contribution is 2.41. The molecule has 0 saturated carbocycles. The molecule has 1 aliphatic heterocycles. The van der Waals surface area contributed by atoms with Crippen LogP contribution in [0.4, 0.5) is 0 Å². The van der Waals surface area contributed by atoms with Crippen LogP contribution >= 0.6 is 0 Å². The summed E-state index contributed by atoms with van der Waals surface area (Å²) in [5.74, 6) is 0.158. The molecule has 78 valence electrons. The van der Waals surface area contributed by atoms with Crippen LogP contribution < -0.4 is 0 Å². The van der Waals surface area contributed by atoms with Crippen LogP contribution in [0, 0.1) is 17.2 Å². The van der Waals surface area contributed by atoms with Crippen molar-refractivity contribution in [2.75, 3.05) is 6.61 Å². The molecule has 0 bridgehead atoms. The number of hydrogen-bond donors (Lipinski definition) is 0. The Morgan fingerprint density at radius 1 is 1.33 bits per heavy atom. The lowest BCUT2D eigenvalue weighted by molar-refractivity contribution is 0.0225. The molecule has 1 aliphatic rings. The number of rotatable bonds is 1. The molecule has 2 heteroatoms. The Morgan fingerprint density at radius 3 is 2.60 bits per heavy atom. The number of hydrogen-bond acceptors (Lipinski definition) is 2. The second-order valence-electron chi connectivity index (χ2n) is 4.54. The van der Waals surface area contributed by atoms with E-state index in [1.807, 2.05) is 32.0 Å². The Labute approximate surface area is 90.5 Å². The predicted octanol–water partition coefficient (Wildman–Crippen LogP) is 2.72. The first kappa shape index (κ1) is 10.2. The Hall–Kier alpha value is -1.33. The summed E-state index contributed by atoms with van der Waals surface area (Å²) in [5, 5.41) is 9.20. The predicted molar refractivity (Wildman–Crippen MR) is 58.3 cm³/mol. The molecule has 1 saturated heterocycles. The molecule has 0 N–H and O–H groups in total. The van der Waals surface area contributed by atoms with Crippen LogP contribution in [0.3, 0.4) is 0 Å². The molecule has 0 aliphatic carbocycles. The van der Waals surface area contributed by atoms with E-state index in [1.54, 1.807) is 0 Å². The van der Waals surface area contributed by atoms with Crippen molar-refractivity contribution in [2.45, 2.75) is 25.4 Å². The molecular formula is C13H15NO. The van der Waals surface area contributed by atoms with Gasteiger partial charge in [0.2, 0.25) is 0 Å².